The number of nitrogens with one attached hydrogen (secondary N) is 1. The van der Waals surface area contributed by atoms with Gasteiger partial charge in [0.05, 0.1) is 0 Å². The second kappa shape index (κ2) is 7.90. The highest BCUT2D eigenvalue weighted by Crippen LogP contribution is 2.18. The number of aliphatic carboxylic acids is 1. The maximum atomic E-state index is 11.9. The Kier molecular flexibility index (Phi) is 6.52. The first-order chi connectivity index (χ1) is 9.43. The van der Waals surface area contributed by atoms with Gasteiger partial charge < -0.3 is 10.4 Å². The van der Waals surface area contributed by atoms with Crippen LogP contribution in [0.1, 0.15) is 44.7 Å². The monoisotopic (exact) mass is 297 g/mol. The first-order valence-corrected chi connectivity index (χ1v) is 7.09. The molecule has 0 saturated heterocycles. The summed E-state index contributed by atoms with van der Waals surface area (Å²) in [4.78, 5) is 23.2. The molecule has 0 spiro atoms. The minimum absolute atomic E-state index is 0.242. The van der Waals surface area contributed by atoms with Gasteiger partial charge in [0, 0.05) is 11.4 Å². The fourth-order valence-electron chi connectivity index (χ4n) is 2.07. The van der Waals surface area contributed by atoms with E-state index in [1.54, 1.807) is 24.3 Å². The van der Waals surface area contributed by atoms with Gasteiger partial charge in [0.1, 0.15) is 0 Å². The van der Waals surface area contributed by atoms with Gasteiger partial charge in [-0.1, -0.05) is 50.4 Å². The quantitative estimate of drug-likeness (QED) is 0.810. The standard InChI is InChI=1S/C15H20ClNO3/c1-3-4-10(2)9-13(18)17-14(15(19)20)11-5-7-12(16)8-6-11/h5-8,10,14H,3-4,9H2,1-2H3,(H,17,18)(H,19,20). The van der Waals surface area contributed by atoms with Crippen LogP contribution in [0.5, 0.6) is 0 Å². The van der Waals surface area contributed by atoms with E-state index in [-0.39, 0.29) is 11.8 Å². The molecule has 2 atom stereocenters. The van der Waals surface area contributed by atoms with E-state index in [0.717, 1.165) is 12.8 Å². The molecule has 0 aromatic heterocycles. The van der Waals surface area contributed by atoms with Crippen LogP contribution in [0.15, 0.2) is 24.3 Å². The average molecular weight is 298 g/mol. The zero-order valence-corrected chi connectivity index (χ0v) is 12.5. The third-order valence-electron chi connectivity index (χ3n) is 3.07. The molecule has 0 aliphatic carbocycles. The van der Waals surface area contributed by atoms with E-state index in [1.807, 2.05) is 6.92 Å². The van der Waals surface area contributed by atoms with Crippen LogP contribution in [0, 0.1) is 5.92 Å². The van der Waals surface area contributed by atoms with Crippen molar-refractivity contribution in [2.45, 2.75) is 39.2 Å². The molecule has 0 saturated carbocycles. The lowest BCUT2D eigenvalue weighted by Crippen LogP contribution is -2.34. The van der Waals surface area contributed by atoms with E-state index in [0.29, 0.717) is 17.0 Å². The van der Waals surface area contributed by atoms with Crippen LogP contribution in [0.3, 0.4) is 0 Å². The summed E-state index contributed by atoms with van der Waals surface area (Å²) in [6, 6.07) is 5.40. The summed E-state index contributed by atoms with van der Waals surface area (Å²) in [6.45, 7) is 4.04. The van der Waals surface area contributed by atoms with Gasteiger partial charge in [-0.05, 0) is 23.6 Å². The lowest BCUT2D eigenvalue weighted by molar-refractivity contribution is -0.142. The van der Waals surface area contributed by atoms with Crippen LogP contribution in [-0.2, 0) is 9.59 Å². The molecule has 2 N–H and O–H groups in total. The molecule has 0 aliphatic heterocycles. The Morgan fingerprint density at radius 1 is 1.30 bits per heavy atom. The highest BCUT2D eigenvalue weighted by Gasteiger charge is 2.22. The SMILES string of the molecule is CCCC(C)CC(=O)NC(C(=O)O)c1ccc(Cl)cc1. The Labute approximate surface area is 124 Å². The molecule has 1 amide bonds. The zero-order chi connectivity index (χ0) is 15.1. The van der Waals surface area contributed by atoms with Crippen molar-refractivity contribution in [2.75, 3.05) is 0 Å². The van der Waals surface area contributed by atoms with Crippen molar-refractivity contribution in [1.29, 1.82) is 0 Å². The molecule has 20 heavy (non-hydrogen) atoms. The summed E-state index contributed by atoms with van der Waals surface area (Å²) < 4.78 is 0. The number of carboxylic acids is 1. The highest BCUT2D eigenvalue weighted by molar-refractivity contribution is 6.30. The summed E-state index contributed by atoms with van der Waals surface area (Å²) in [6.07, 6.45) is 2.30. The number of carbonyl (C=O) groups excluding carboxylic acids is 1. The third kappa shape index (κ3) is 5.21. The van der Waals surface area contributed by atoms with E-state index in [1.165, 1.54) is 0 Å². The third-order valence-corrected chi connectivity index (χ3v) is 3.32. The minimum atomic E-state index is -1.08. The van der Waals surface area contributed by atoms with Crippen molar-refractivity contribution in [3.63, 3.8) is 0 Å². The van der Waals surface area contributed by atoms with Gasteiger partial charge in [0.25, 0.3) is 0 Å². The molecule has 5 heteroatoms. The molecular weight excluding hydrogens is 278 g/mol. The van der Waals surface area contributed by atoms with Gasteiger partial charge in [-0.2, -0.15) is 0 Å². The first kappa shape index (κ1) is 16.5. The van der Waals surface area contributed by atoms with E-state index in [4.69, 9.17) is 11.6 Å². The summed E-state index contributed by atoms with van der Waals surface area (Å²) in [5.74, 6) is -1.07. The largest absolute Gasteiger partial charge is 0.479 e. The highest BCUT2D eigenvalue weighted by atomic mass is 35.5. The van der Waals surface area contributed by atoms with Gasteiger partial charge >= 0.3 is 5.97 Å². The lowest BCUT2D eigenvalue weighted by atomic mass is 10.0. The molecule has 1 aromatic carbocycles. The second-order valence-corrected chi connectivity index (χ2v) is 5.42. The van der Waals surface area contributed by atoms with Crippen LogP contribution in [0.4, 0.5) is 0 Å². The Morgan fingerprint density at radius 2 is 1.90 bits per heavy atom. The predicted octanol–water partition coefficient (Wildman–Crippen LogP) is 3.41. The Hall–Kier alpha value is -1.55. The Balaban J connectivity index is 2.70. The van der Waals surface area contributed by atoms with Crippen molar-refractivity contribution in [3.05, 3.63) is 34.9 Å². The van der Waals surface area contributed by atoms with E-state index >= 15 is 0 Å². The van der Waals surface area contributed by atoms with Crippen molar-refractivity contribution >= 4 is 23.5 Å². The van der Waals surface area contributed by atoms with Gasteiger partial charge in [-0.25, -0.2) is 4.79 Å². The molecule has 0 aliphatic rings. The number of carbonyl (C=O) groups is 2. The normalized spacial score (nSPS) is 13.6. The fraction of sp³-hybridized carbons (Fsp3) is 0.467. The Morgan fingerprint density at radius 3 is 2.40 bits per heavy atom. The van der Waals surface area contributed by atoms with Gasteiger partial charge in [0.15, 0.2) is 6.04 Å². The topological polar surface area (TPSA) is 66.4 Å². The number of benzene rings is 1. The van der Waals surface area contributed by atoms with Crippen LogP contribution < -0.4 is 5.32 Å². The maximum Gasteiger partial charge on any atom is 0.330 e. The van der Waals surface area contributed by atoms with Crippen molar-refractivity contribution < 1.29 is 14.7 Å². The number of hydrogen-bond donors (Lipinski definition) is 2. The van der Waals surface area contributed by atoms with Crippen molar-refractivity contribution in [1.82, 2.24) is 5.32 Å². The lowest BCUT2D eigenvalue weighted by Gasteiger charge is -2.16. The zero-order valence-electron chi connectivity index (χ0n) is 11.7. The number of carboxylic acid groups (broad SMARTS) is 1. The van der Waals surface area contributed by atoms with Crippen molar-refractivity contribution in [2.24, 2.45) is 5.92 Å². The Bertz CT molecular complexity index is 459. The molecule has 1 aromatic rings. The summed E-state index contributed by atoms with van der Waals surface area (Å²) >= 11 is 5.77. The number of rotatable bonds is 7. The molecule has 2 unspecified atom stereocenters. The van der Waals surface area contributed by atoms with E-state index in [9.17, 15) is 14.7 Å². The molecule has 0 radical (unpaired) electrons. The fourth-order valence-corrected chi connectivity index (χ4v) is 2.20. The van der Waals surface area contributed by atoms with Crippen LogP contribution in [0.2, 0.25) is 5.02 Å². The number of halogens is 1. The minimum Gasteiger partial charge on any atom is -0.479 e. The predicted molar refractivity (Wildman–Crippen MR) is 78.7 cm³/mol. The number of hydrogen-bond acceptors (Lipinski definition) is 2. The second-order valence-electron chi connectivity index (χ2n) is 4.99. The molecule has 0 fully saturated rings. The summed E-state index contributed by atoms with van der Waals surface area (Å²) in [5, 5.41) is 12.3. The molecule has 110 valence electrons. The van der Waals surface area contributed by atoms with Crippen molar-refractivity contribution in [3.8, 4) is 0 Å². The average Bonchev–Trinajstić information content (AvgIpc) is 2.37. The summed E-state index contributed by atoms with van der Waals surface area (Å²) in [7, 11) is 0. The van der Waals surface area contributed by atoms with Crippen LogP contribution >= 0.6 is 11.6 Å². The van der Waals surface area contributed by atoms with Crippen LogP contribution in [-0.4, -0.2) is 17.0 Å². The van der Waals surface area contributed by atoms with E-state index < -0.39 is 12.0 Å². The smallest absolute Gasteiger partial charge is 0.330 e. The number of amides is 1. The molecule has 4 nitrogen and oxygen atoms in total. The maximum absolute atomic E-state index is 11.9. The first-order valence-electron chi connectivity index (χ1n) is 6.71. The molecule has 0 bridgehead atoms. The van der Waals surface area contributed by atoms with Gasteiger partial charge in [-0.3, -0.25) is 4.79 Å². The molecule has 0 heterocycles. The van der Waals surface area contributed by atoms with Gasteiger partial charge in [0.2, 0.25) is 5.91 Å². The summed E-state index contributed by atoms with van der Waals surface area (Å²) in [5.41, 5.74) is 0.512. The molecule has 1 rings (SSSR count). The van der Waals surface area contributed by atoms with Crippen LogP contribution in [0.25, 0.3) is 0 Å². The van der Waals surface area contributed by atoms with E-state index in [2.05, 4.69) is 12.2 Å². The molecular formula is C15H20ClNO3. The van der Waals surface area contributed by atoms with Gasteiger partial charge in [-0.15, -0.1) is 0 Å².